The van der Waals surface area contributed by atoms with Gasteiger partial charge in [-0.2, -0.15) is 0 Å². The van der Waals surface area contributed by atoms with Crippen LogP contribution in [0.3, 0.4) is 0 Å². The number of aryl methyl sites for hydroxylation is 1. The number of methoxy groups -OCH3 is 3. The maximum atomic E-state index is 12.2. The number of rotatable bonds is 5. The van der Waals surface area contributed by atoms with E-state index < -0.39 is 5.97 Å². The summed E-state index contributed by atoms with van der Waals surface area (Å²) in [6.45, 7) is 1.96. The van der Waals surface area contributed by atoms with Gasteiger partial charge in [0.1, 0.15) is 0 Å². The molecular formula is C20H19NO5. The van der Waals surface area contributed by atoms with Crippen LogP contribution < -0.4 is 14.2 Å². The van der Waals surface area contributed by atoms with Crippen LogP contribution in [0.5, 0.6) is 17.2 Å². The lowest BCUT2D eigenvalue weighted by molar-refractivity contribution is -0.129. The van der Waals surface area contributed by atoms with Crippen LogP contribution in [0.4, 0.5) is 0 Å². The lowest BCUT2D eigenvalue weighted by Gasteiger charge is -2.14. The number of carbonyl (C=O) groups is 1. The van der Waals surface area contributed by atoms with Gasteiger partial charge in [0.2, 0.25) is 11.6 Å². The normalized spacial score (nSPS) is 14.8. The van der Waals surface area contributed by atoms with Crippen LogP contribution in [-0.4, -0.2) is 33.2 Å². The molecule has 2 aromatic carbocycles. The highest BCUT2D eigenvalue weighted by Gasteiger charge is 2.25. The molecule has 0 N–H and O–H groups in total. The highest BCUT2D eigenvalue weighted by molar-refractivity contribution is 6.13. The summed E-state index contributed by atoms with van der Waals surface area (Å²) < 4.78 is 21.4. The lowest BCUT2D eigenvalue weighted by Crippen LogP contribution is -2.05. The predicted octanol–water partition coefficient (Wildman–Crippen LogP) is 3.37. The van der Waals surface area contributed by atoms with Gasteiger partial charge in [0.15, 0.2) is 17.2 Å². The molecule has 0 aromatic heterocycles. The number of aliphatic imine (C=N–C) groups is 1. The minimum absolute atomic E-state index is 0.187. The van der Waals surface area contributed by atoms with E-state index in [0.717, 1.165) is 11.1 Å². The topological polar surface area (TPSA) is 66.4 Å². The molecule has 0 bridgehead atoms. The predicted molar refractivity (Wildman–Crippen MR) is 97.9 cm³/mol. The van der Waals surface area contributed by atoms with Crippen molar-refractivity contribution in [3.63, 3.8) is 0 Å². The van der Waals surface area contributed by atoms with E-state index >= 15 is 0 Å². The first kappa shape index (κ1) is 17.5. The number of benzene rings is 2. The molecule has 6 nitrogen and oxygen atoms in total. The Balaban J connectivity index is 2.03. The van der Waals surface area contributed by atoms with Crippen LogP contribution in [0.2, 0.25) is 0 Å². The van der Waals surface area contributed by atoms with Gasteiger partial charge in [-0.1, -0.05) is 17.7 Å². The van der Waals surface area contributed by atoms with Gasteiger partial charge in [0.05, 0.1) is 21.3 Å². The van der Waals surface area contributed by atoms with E-state index in [1.54, 1.807) is 25.3 Å². The van der Waals surface area contributed by atoms with Gasteiger partial charge in [0.25, 0.3) is 0 Å². The molecular weight excluding hydrogens is 334 g/mol. The molecule has 1 aliphatic rings. The number of carbonyl (C=O) groups excluding carboxylic acids is 1. The smallest absolute Gasteiger partial charge is 0.363 e. The molecule has 0 unspecified atom stereocenters. The molecule has 0 spiro atoms. The maximum absolute atomic E-state index is 12.2. The Kier molecular flexibility index (Phi) is 4.93. The van der Waals surface area contributed by atoms with Crippen molar-refractivity contribution < 1.29 is 23.7 Å². The van der Waals surface area contributed by atoms with Crippen LogP contribution in [-0.2, 0) is 9.53 Å². The molecule has 0 radical (unpaired) electrons. The molecule has 2 aromatic rings. The summed E-state index contributed by atoms with van der Waals surface area (Å²) >= 11 is 0. The summed E-state index contributed by atoms with van der Waals surface area (Å²) in [5.74, 6) is 1.19. The molecule has 6 heteroatoms. The van der Waals surface area contributed by atoms with Crippen molar-refractivity contribution in [2.45, 2.75) is 6.92 Å². The van der Waals surface area contributed by atoms with Crippen LogP contribution >= 0.6 is 0 Å². The third-order valence-corrected chi connectivity index (χ3v) is 3.91. The van der Waals surface area contributed by atoms with Crippen molar-refractivity contribution in [3.05, 3.63) is 58.8 Å². The number of esters is 1. The summed E-state index contributed by atoms with van der Waals surface area (Å²) in [6.07, 6.45) is 1.60. The SMILES string of the molecule is COc1ccc(/C=C2/N=C(c3cccc(C)c3)OC2=O)c(OC)c1OC. The Bertz CT molecular complexity index is 914. The number of cyclic esters (lactones) is 1. The Morgan fingerprint density at radius 1 is 1.00 bits per heavy atom. The fourth-order valence-electron chi connectivity index (χ4n) is 2.70. The number of hydrogen-bond acceptors (Lipinski definition) is 6. The van der Waals surface area contributed by atoms with E-state index in [1.165, 1.54) is 14.2 Å². The van der Waals surface area contributed by atoms with Crippen molar-refractivity contribution in [1.82, 2.24) is 0 Å². The zero-order chi connectivity index (χ0) is 18.7. The molecule has 0 amide bonds. The first-order valence-electron chi connectivity index (χ1n) is 7.96. The van der Waals surface area contributed by atoms with Crippen molar-refractivity contribution >= 4 is 17.9 Å². The molecule has 0 fully saturated rings. The maximum Gasteiger partial charge on any atom is 0.363 e. The van der Waals surface area contributed by atoms with Gasteiger partial charge in [0, 0.05) is 11.1 Å². The second-order valence-electron chi connectivity index (χ2n) is 5.63. The van der Waals surface area contributed by atoms with Gasteiger partial charge < -0.3 is 18.9 Å². The van der Waals surface area contributed by atoms with E-state index in [1.807, 2.05) is 31.2 Å². The van der Waals surface area contributed by atoms with E-state index in [9.17, 15) is 4.79 Å². The van der Waals surface area contributed by atoms with Crippen molar-refractivity contribution in [2.24, 2.45) is 4.99 Å². The fraction of sp³-hybridized carbons (Fsp3) is 0.200. The lowest BCUT2D eigenvalue weighted by atomic mass is 10.1. The van der Waals surface area contributed by atoms with E-state index in [4.69, 9.17) is 18.9 Å². The van der Waals surface area contributed by atoms with Gasteiger partial charge in [-0.3, -0.25) is 0 Å². The highest BCUT2D eigenvalue weighted by atomic mass is 16.6. The molecule has 0 saturated heterocycles. The van der Waals surface area contributed by atoms with Crippen LogP contribution in [0.15, 0.2) is 47.1 Å². The third-order valence-electron chi connectivity index (χ3n) is 3.91. The number of nitrogens with zero attached hydrogens (tertiary/aromatic N) is 1. The van der Waals surface area contributed by atoms with E-state index in [-0.39, 0.29) is 11.6 Å². The van der Waals surface area contributed by atoms with Gasteiger partial charge in [-0.05, 0) is 37.3 Å². The molecule has 1 heterocycles. The van der Waals surface area contributed by atoms with Crippen LogP contribution in [0, 0.1) is 6.92 Å². The zero-order valence-corrected chi connectivity index (χ0v) is 15.0. The molecule has 3 rings (SSSR count). The Morgan fingerprint density at radius 2 is 1.77 bits per heavy atom. The van der Waals surface area contributed by atoms with Gasteiger partial charge in [-0.15, -0.1) is 0 Å². The Morgan fingerprint density at radius 3 is 2.42 bits per heavy atom. The number of hydrogen-bond donors (Lipinski definition) is 0. The minimum atomic E-state index is -0.515. The van der Waals surface area contributed by atoms with Gasteiger partial charge >= 0.3 is 5.97 Å². The average Bonchev–Trinajstić information content (AvgIpc) is 3.01. The molecule has 1 aliphatic heterocycles. The van der Waals surface area contributed by atoms with E-state index in [2.05, 4.69) is 4.99 Å². The summed E-state index contributed by atoms with van der Waals surface area (Å²) in [4.78, 5) is 16.6. The quantitative estimate of drug-likeness (QED) is 0.609. The first-order valence-corrected chi connectivity index (χ1v) is 7.96. The molecule has 0 aliphatic carbocycles. The third kappa shape index (κ3) is 3.26. The molecule has 134 valence electrons. The summed E-state index contributed by atoms with van der Waals surface area (Å²) in [7, 11) is 4.59. The Hall–Kier alpha value is -3.28. The minimum Gasteiger partial charge on any atom is -0.493 e. The first-order chi connectivity index (χ1) is 12.6. The van der Waals surface area contributed by atoms with Crippen molar-refractivity contribution in [3.8, 4) is 17.2 Å². The molecule has 0 saturated carbocycles. The zero-order valence-electron chi connectivity index (χ0n) is 15.0. The monoisotopic (exact) mass is 353 g/mol. The largest absolute Gasteiger partial charge is 0.493 e. The standard InChI is InChI=1S/C20H19NO5/c1-12-6-5-7-14(10-12)19-21-15(20(22)26-19)11-13-8-9-16(23-2)18(25-4)17(13)24-3/h5-11H,1-4H3/b15-11+. The summed E-state index contributed by atoms with van der Waals surface area (Å²) in [5, 5.41) is 0. The Labute approximate surface area is 151 Å². The fourth-order valence-corrected chi connectivity index (χ4v) is 2.70. The summed E-state index contributed by atoms with van der Waals surface area (Å²) in [5.41, 5.74) is 2.62. The van der Waals surface area contributed by atoms with Crippen LogP contribution in [0.25, 0.3) is 6.08 Å². The van der Waals surface area contributed by atoms with Gasteiger partial charge in [-0.25, -0.2) is 9.79 Å². The van der Waals surface area contributed by atoms with Crippen molar-refractivity contribution in [2.75, 3.05) is 21.3 Å². The van der Waals surface area contributed by atoms with E-state index in [0.29, 0.717) is 22.8 Å². The second kappa shape index (κ2) is 7.31. The summed E-state index contributed by atoms with van der Waals surface area (Å²) in [6, 6.07) is 11.1. The van der Waals surface area contributed by atoms with Crippen molar-refractivity contribution in [1.29, 1.82) is 0 Å². The average molecular weight is 353 g/mol. The second-order valence-corrected chi connectivity index (χ2v) is 5.63. The number of ether oxygens (including phenoxy) is 4. The molecule has 0 atom stereocenters. The molecule has 26 heavy (non-hydrogen) atoms. The highest BCUT2D eigenvalue weighted by Crippen LogP contribution is 2.40. The van der Waals surface area contributed by atoms with Crippen LogP contribution in [0.1, 0.15) is 16.7 Å².